The summed E-state index contributed by atoms with van der Waals surface area (Å²) in [6, 6.07) is 7.78. The Morgan fingerprint density at radius 1 is 1.47 bits per heavy atom. The van der Waals surface area contributed by atoms with E-state index >= 15 is 0 Å². The van der Waals surface area contributed by atoms with Crippen LogP contribution in [0.15, 0.2) is 34.9 Å². The molecule has 0 saturated carbocycles. The van der Waals surface area contributed by atoms with Crippen LogP contribution in [0.3, 0.4) is 0 Å². The number of rotatable bonds is 2. The molecule has 0 saturated heterocycles. The summed E-state index contributed by atoms with van der Waals surface area (Å²) in [5, 5.41) is 4.16. The molecule has 0 atom stereocenters. The average molecular weight is 265 g/mol. The van der Waals surface area contributed by atoms with Gasteiger partial charge in [0.15, 0.2) is 6.29 Å². The molecule has 0 bridgehead atoms. The quantitative estimate of drug-likeness (QED) is 0.782. The van der Waals surface area contributed by atoms with Crippen LogP contribution in [0.1, 0.15) is 16.1 Å². The maximum Gasteiger partial charge on any atom is 0.153 e. The van der Waals surface area contributed by atoms with Crippen LogP contribution in [0.4, 0.5) is 0 Å². The molecule has 0 aliphatic carbocycles. The molecule has 0 spiro atoms. The first-order valence-corrected chi connectivity index (χ1v) is 5.27. The van der Waals surface area contributed by atoms with Crippen molar-refractivity contribution in [2.45, 2.75) is 6.92 Å². The largest absolute Gasteiger partial charge is 0.298 e. The van der Waals surface area contributed by atoms with Crippen LogP contribution >= 0.6 is 15.9 Å². The van der Waals surface area contributed by atoms with Gasteiger partial charge in [-0.1, -0.05) is 22.0 Å². The molecule has 0 unspecified atom stereocenters. The van der Waals surface area contributed by atoms with E-state index in [2.05, 4.69) is 21.0 Å². The lowest BCUT2D eigenvalue weighted by molar-refractivity contribution is 0.112. The minimum Gasteiger partial charge on any atom is -0.298 e. The molecule has 0 N–H and O–H groups in total. The molecule has 0 aliphatic heterocycles. The molecular formula is C11H9BrN2O. The molecule has 76 valence electrons. The highest BCUT2D eigenvalue weighted by Gasteiger charge is 2.06. The maximum absolute atomic E-state index is 10.7. The topological polar surface area (TPSA) is 34.9 Å². The van der Waals surface area contributed by atoms with E-state index in [1.165, 1.54) is 0 Å². The average Bonchev–Trinajstić information content (AvgIpc) is 2.59. The van der Waals surface area contributed by atoms with Gasteiger partial charge in [-0.05, 0) is 25.1 Å². The molecule has 2 aromatic rings. The van der Waals surface area contributed by atoms with Gasteiger partial charge in [-0.25, -0.2) is 4.68 Å². The van der Waals surface area contributed by atoms with Gasteiger partial charge in [0.25, 0.3) is 0 Å². The summed E-state index contributed by atoms with van der Waals surface area (Å²) in [6.45, 7) is 1.87. The van der Waals surface area contributed by atoms with Crippen molar-refractivity contribution in [2.75, 3.05) is 0 Å². The van der Waals surface area contributed by atoms with Crippen LogP contribution in [0.2, 0.25) is 0 Å². The molecule has 4 heteroatoms. The standard InChI is InChI=1S/C11H9BrN2O/c1-8-9(7-15)6-13-14(8)11-4-2-3-10(12)5-11/h2-7H,1H3. The fourth-order valence-corrected chi connectivity index (χ4v) is 1.79. The number of hydrogen-bond acceptors (Lipinski definition) is 2. The first-order valence-electron chi connectivity index (χ1n) is 4.48. The zero-order chi connectivity index (χ0) is 10.8. The summed E-state index contributed by atoms with van der Waals surface area (Å²) in [6.07, 6.45) is 2.39. The van der Waals surface area contributed by atoms with Crippen molar-refractivity contribution in [3.8, 4) is 5.69 Å². The van der Waals surface area contributed by atoms with Gasteiger partial charge >= 0.3 is 0 Å². The SMILES string of the molecule is Cc1c(C=O)cnn1-c1cccc(Br)c1. The first-order chi connectivity index (χ1) is 7.22. The van der Waals surface area contributed by atoms with Gasteiger partial charge in [0.05, 0.1) is 23.1 Å². The number of aromatic nitrogens is 2. The van der Waals surface area contributed by atoms with E-state index in [1.807, 2.05) is 31.2 Å². The Labute approximate surface area is 95.9 Å². The monoisotopic (exact) mass is 264 g/mol. The normalized spacial score (nSPS) is 10.3. The van der Waals surface area contributed by atoms with E-state index in [4.69, 9.17) is 0 Å². The van der Waals surface area contributed by atoms with Gasteiger partial charge in [0, 0.05) is 4.47 Å². The van der Waals surface area contributed by atoms with Crippen molar-refractivity contribution in [3.05, 3.63) is 46.2 Å². The summed E-state index contributed by atoms with van der Waals surface area (Å²) in [5.41, 5.74) is 2.41. The molecule has 1 heterocycles. The Bertz CT molecular complexity index is 505. The molecule has 2 rings (SSSR count). The van der Waals surface area contributed by atoms with Crippen LogP contribution in [-0.2, 0) is 0 Å². The second kappa shape index (κ2) is 3.98. The predicted molar refractivity (Wildman–Crippen MR) is 61.4 cm³/mol. The van der Waals surface area contributed by atoms with E-state index in [1.54, 1.807) is 10.9 Å². The lowest BCUT2D eigenvalue weighted by Crippen LogP contribution is -1.99. The van der Waals surface area contributed by atoms with Crippen molar-refractivity contribution < 1.29 is 4.79 Å². The highest BCUT2D eigenvalue weighted by atomic mass is 79.9. The van der Waals surface area contributed by atoms with Crippen LogP contribution in [0.25, 0.3) is 5.69 Å². The van der Waals surface area contributed by atoms with Crippen LogP contribution in [-0.4, -0.2) is 16.1 Å². The Morgan fingerprint density at radius 3 is 2.87 bits per heavy atom. The van der Waals surface area contributed by atoms with Crippen molar-refractivity contribution in [1.82, 2.24) is 9.78 Å². The number of benzene rings is 1. The smallest absolute Gasteiger partial charge is 0.153 e. The molecule has 0 fully saturated rings. The van der Waals surface area contributed by atoms with E-state index < -0.39 is 0 Å². The Balaban J connectivity index is 2.54. The molecule has 0 amide bonds. The second-order valence-corrected chi connectivity index (χ2v) is 4.11. The van der Waals surface area contributed by atoms with Crippen molar-refractivity contribution >= 4 is 22.2 Å². The van der Waals surface area contributed by atoms with E-state index in [0.717, 1.165) is 22.1 Å². The van der Waals surface area contributed by atoms with Gasteiger partial charge in [0.1, 0.15) is 0 Å². The molecule has 0 radical (unpaired) electrons. The Morgan fingerprint density at radius 2 is 2.27 bits per heavy atom. The second-order valence-electron chi connectivity index (χ2n) is 3.19. The molecule has 3 nitrogen and oxygen atoms in total. The number of halogens is 1. The van der Waals surface area contributed by atoms with Gasteiger partial charge in [-0.3, -0.25) is 4.79 Å². The summed E-state index contributed by atoms with van der Waals surface area (Å²) in [5.74, 6) is 0. The predicted octanol–water partition coefficient (Wildman–Crippen LogP) is 2.76. The van der Waals surface area contributed by atoms with Crippen molar-refractivity contribution in [1.29, 1.82) is 0 Å². The molecule has 0 aliphatic rings. The van der Waals surface area contributed by atoms with Crippen molar-refractivity contribution in [2.24, 2.45) is 0 Å². The van der Waals surface area contributed by atoms with Gasteiger partial charge in [-0.2, -0.15) is 5.10 Å². The lowest BCUT2D eigenvalue weighted by atomic mass is 10.2. The summed E-state index contributed by atoms with van der Waals surface area (Å²) in [4.78, 5) is 10.7. The van der Waals surface area contributed by atoms with Crippen LogP contribution < -0.4 is 0 Å². The zero-order valence-corrected chi connectivity index (χ0v) is 9.73. The summed E-state index contributed by atoms with van der Waals surface area (Å²) in [7, 11) is 0. The number of carbonyl (C=O) groups excluding carboxylic acids is 1. The Hall–Kier alpha value is -1.42. The van der Waals surface area contributed by atoms with Gasteiger partial charge < -0.3 is 0 Å². The highest BCUT2D eigenvalue weighted by molar-refractivity contribution is 9.10. The number of aldehydes is 1. The number of nitrogens with zero attached hydrogens (tertiary/aromatic N) is 2. The third-order valence-corrected chi connectivity index (χ3v) is 2.72. The summed E-state index contributed by atoms with van der Waals surface area (Å²) >= 11 is 3.40. The van der Waals surface area contributed by atoms with Crippen LogP contribution in [0.5, 0.6) is 0 Å². The number of hydrogen-bond donors (Lipinski definition) is 0. The van der Waals surface area contributed by atoms with E-state index in [-0.39, 0.29) is 0 Å². The lowest BCUT2D eigenvalue weighted by Gasteiger charge is -2.04. The fraction of sp³-hybridized carbons (Fsp3) is 0.0909. The van der Waals surface area contributed by atoms with E-state index in [0.29, 0.717) is 5.56 Å². The Kier molecular flexibility index (Phi) is 2.68. The molecule has 15 heavy (non-hydrogen) atoms. The third-order valence-electron chi connectivity index (χ3n) is 2.23. The molecule has 1 aromatic heterocycles. The fourth-order valence-electron chi connectivity index (χ4n) is 1.41. The zero-order valence-electron chi connectivity index (χ0n) is 8.14. The van der Waals surface area contributed by atoms with Gasteiger partial charge in [-0.15, -0.1) is 0 Å². The summed E-state index contributed by atoms with van der Waals surface area (Å²) < 4.78 is 2.73. The maximum atomic E-state index is 10.7. The highest BCUT2D eigenvalue weighted by Crippen LogP contribution is 2.17. The van der Waals surface area contributed by atoms with Crippen molar-refractivity contribution in [3.63, 3.8) is 0 Å². The van der Waals surface area contributed by atoms with Crippen LogP contribution in [0, 0.1) is 6.92 Å². The van der Waals surface area contributed by atoms with E-state index in [9.17, 15) is 4.79 Å². The van der Waals surface area contributed by atoms with Gasteiger partial charge in [0.2, 0.25) is 0 Å². The third kappa shape index (κ3) is 1.85. The minimum atomic E-state index is 0.620. The number of carbonyl (C=O) groups is 1. The molecular weight excluding hydrogens is 256 g/mol. The minimum absolute atomic E-state index is 0.620. The first kappa shape index (κ1) is 10.1. The molecule has 1 aromatic carbocycles.